The van der Waals surface area contributed by atoms with Gasteiger partial charge in [-0.3, -0.25) is 9.80 Å². The van der Waals surface area contributed by atoms with Gasteiger partial charge in [0.05, 0.1) is 6.04 Å². The molecule has 0 radical (unpaired) electrons. The van der Waals surface area contributed by atoms with E-state index in [4.69, 9.17) is 4.52 Å². The number of aromatic nitrogens is 2. The van der Waals surface area contributed by atoms with Crippen molar-refractivity contribution < 1.29 is 9.63 Å². The molecule has 0 amide bonds. The molecule has 2 N–H and O–H groups in total. The summed E-state index contributed by atoms with van der Waals surface area (Å²) in [5.74, 6) is 1.10. The number of rotatable bonds is 2. The van der Waals surface area contributed by atoms with E-state index in [1.165, 1.54) is 0 Å². The molecule has 0 aromatic carbocycles. The van der Waals surface area contributed by atoms with Crippen LogP contribution < -0.4 is 5.32 Å². The van der Waals surface area contributed by atoms with Crippen molar-refractivity contribution in [2.45, 2.75) is 24.5 Å². The molecule has 110 valence electrons. The van der Waals surface area contributed by atoms with Crippen molar-refractivity contribution in [3.05, 3.63) is 11.7 Å². The van der Waals surface area contributed by atoms with Gasteiger partial charge in [0.15, 0.2) is 11.4 Å². The zero-order valence-corrected chi connectivity index (χ0v) is 11.6. The van der Waals surface area contributed by atoms with Crippen molar-refractivity contribution >= 4 is 0 Å². The molecule has 5 heterocycles. The van der Waals surface area contributed by atoms with Crippen molar-refractivity contribution in [2.75, 3.05) is 45.8 Å². The van der Waals surface area contributed by atoms with Crippen LogP contribution >= 0.6 is 0 Å². The number of β-amino-alcohol motifs (C(OH)–C–C–N with tert-alkyl or cyclic N) is 1. The van der Waals surface area contributed by atoms with E-state index in [1.807, 2.05) is 0 Å². The van der Waals surface area contributed by atoms with E-state index in [-0.39, 0.29) is 6.04 Å². The Bertz CT molecular complexity index is 477. The molecular weight excluding hydrogens is 258 g/mol. The summed E-state index contributed by atoms with van der Waals surface area (Å²) in [6.07, 6.45) is 1.61. The Morgan fingerprint density at radius 2 is 2.15 bits per heavy atom. The van der Waals surface area contributed by atoms with E-state index in [2.05, 4.69) is 25.3 Å². The minimum absolute atomic E-state index is 0.218. The van der Waals surface area contributed by atoms with E-state index in [0.29, 0.717) is 18.9 Å². The van der Waals surface area contributed by atoms with Gasteiger partial charge in [-0.05, 0) is 19.4 Å². The number of nitrogens with zero attached hydrogens (tertiary/aromatic N) is 4. The fourth-order valence-corrected chi connectivity index (χ4v) is 3.49. The van der Waals surface area contributed by atoms with Gasteiger partial charge in [-0.2, -0.15) is 4.98 Å². The third kappa shape index (κ3) is 2.05. The normalized spacial score (nSPS) is 41.0. The smallest absolute Gasteiger partial charge is 0.259 e. The molecule has 2 atom stereocenters. The highest BCUT2D eigenvalue weighted by molar-refractivity contribution is 5.06. The van der Waals surface area contributed by atoms with Crippen LogP contribution in [0.25, 0.3) is 0 Å². The topological polar surface area (TPSA) is 77.7 Å². The minimum atomic E-state index is -0.993. The fourth-order valence-electron chi connectivity index (χ4n) is 3.49. The van der Waals surface area contributed by atoms with Crippen molar-refractivity contribution in [3.8, 4) is 0 Å². The summed E-state index contributed by atoms with van der Waals surface area (Å²) in [7, 11) is 0. The largest absolute Gasteiger partial charge is 0.379 e. The first-order valence-electron chi connectivity index (χ1n) is 7.48. The van der Waals surface area contributed by atoms with Gasteiger partial charge in [-0.1, -0.05) is 5.16 Å². The molecule has 0 aliphatic carbocycles. The van der Waals surface area contributed by atoms with Gasteiger partial charge in [-0.15, -0.1) is 0 Å². The van der Waals surface area contributed by atoms with Gasteiger partial charge in [-0.25, -0.2) is 0 Å². The van der Waals surface area contributed by atoms with E-state index >= 15 is 0 Å². The average molecular weight is 279 g/mol. The van der Waals surface area contributed by atoms with Crippen molar-refractivity contribution in [3.63, 3.8) is 0 Å². The number of nitrogens with one attached hydrogen (secondary N) is 1. The van der Waals surface area contributed by atoms with Gasteiger partial charge in [0.1, 0.15) is 0 Å². The first kappa shape index (κ1) is 12.7. The number of aliphatic hydroxyl groups is 1. The Balaban J connectivity index is 1.56. The summed E-state index contributed by atoms with van der Waals surface area (Å²) in [5.41, 5.74) is -0.993. The van der Waals surface area contributed by atoms with Crippen LogP contribution in [0, 0.1) is 0 Å². The lowest BCUT2D eigenvalue weighted by Crippen LogP contribution is -2.57. The van der Waals surface area contributed by atoms with Crippen LogP contribution in [-0.2, 0) is 5.60 Å². The maximum atomic E-state index is 10.6. The Hall–Kier alpha value is -1.02. The van der Waals surface area contributed by atoms with Gasteiger partial charge >= 0.3 is 0 Å². The van der Waals surface area contributed by atoms with E-state index < -0.39 is 5.60 Å². The second-order valence-corrected chi connectivity index (χ2v) is 6.12. The van der Waals surface area contributed by atoms with Crippen molar-refractivity contribution in [1.82, 2.24) is 25.3 Å². The van der Waals surface area contributed by atoms with E-state index in [9.17, 15) is 5.11 Å². The second kappa shape index (κ2) is 4.77. The Morgan fingerprint density at radius 3 is 2.80 bits per heavy atom. The molecule has 4 aliphatic heterocycles. The third-order valence-corrected chi connectivity index (χ3v) is 4.78. The van der Waals surface area contributed by atoms with Crippen LogP contribution in [-0.4, -0.2) is 70.9 Å². The molecule has 4 fully saturated rings. The van der Waals surface area contributed by atoms with Gasteiger partial charge < -0.3 is 14.9 Å². The summed E-state index contributed by atoms with van der Waals surface area (Å²) in [5, 5.41) is 17.9. The number of piperidine rings is 1. The first-order chi connectivity index (χ1) is 9.74. The van der Waals surface area contributed by atoms with Gasteiger partial charge in [0.2, 0.25) is 0 Å². The van der Waals surface area contributed by atoms with E-state index in [1.54, 1.807) is 0 Å². The summed E-state index contributed by atoms with van der Waals surface area (Å²) in [4.78, 5) is 9.37. The molecule has 4 saturated heterocycles. The van der Waals surface area contributed by atoms with Crippen molar-refractivity contribution in [1.29, 1.82) is 0 Å². The van der Waals surface area contributed by atoms with Gasteiger partial charge in [0, 0.05) is 39.3 Å². The maximum Gasteiger partial charge on any atom is 0.259 e. The Morgan fingerprint density at radius 1 is 1.30 bits per heavy atom. The van der Waals surface area contributed by atoms with Crippen LogP contribution in [0.3, 0.4) is 0 Å². The third-order valence-electron chi connectivity index (χ3n) is 4.78. The van der Waals surface area contributed by atoms with Crippen LogP contribution in [0.15, 0.2) is 4.52 Å². The molecule has 2 bridgehead atoms. The Labute approximate surface area is 117 Å². The fraction of sp³-hybridized carbons (Fsp3) is 0.846. The number of piperazine rings is 3. The zero-order chi connectivity index (χ0) is 13.6. The molecule has 5 rings (SSSR count). The minimum Gasteiger partial charge on any atom is -0.379 e. The molecule has 1 aromatic rings. The number of hydrogen-bond acceptors (Lipinski definition) is 7. The van der Waals surface area contributed by atoms with Crippen LogP contribution in [0.2, 0.25) is 0 Å². The van der Waals surface area contributed by atoms with Gasteiger partial charge in [0.25, 0.3) is 5.89 Å². The molecule has 0 spiro atoms. The predicted molar refractivity (Wildman–Crippen MR) is 71.1 cm³/mol. The van der Waals surface area contributed by atoms with E-state index in [0.717, 1.165) is 51.5 Å². The highest BCUT2D eigenvalue weighted by Crippen LogP contribution is 2.31. The highest BCUT2D eigenvalue weighted by Gasteiger charge is 2.40. The SMILES string of the molecule is OC1(c2nc(C3CN4CCN3CC4)no2)CCCNC1. The first-order valence-corrected chi connectivity index (χ1v) is 7.48. The molecule has 2 unspecified atom stereocenters. The monoisotopic (exact) mass is 279 g/mol. The molecule has 7 nitrogen and oxygen atoms in total. The summed E-state index contributed by atoms with van der Waals surface area (Å²) in [6.45, 7) is 6.81. The number of hydrogen-bond donors (Lipinski definition) is 2. The molecule has 7 heteroatoms. The lowest BCUT2D eigenvalue weighted by atomic mass is 9.94. The molecule has 1 aromatic heterocycles. The average Bonchev–Trinajstić information content (AvgIpc) is 3.00. The summed E-state index contributed by atoms with van der Waals surface area (Å²) < 4.78 is 5.37. The number of fused-ring (bicyclic) bond motifs is 3. The Kier molecular flexibility index (Phi) is 3.03. The molecule has 0 saturated carbocycles. The maximum absolute atomic E-state index is 10.6. The van der Waals surface area contributed by atoms with Crippen LogP contribution in [0.4, 0.5) is 0 Å². The predicted octanol–water partition coefficient (Wildman–Crippen LogP) is -0.687. The summed E-state index contributed by atoms with van der Waals surface area (Å²) >= 11 is 0. The lowest BCUT2D eigenvalue weighted by Gasteiger charge is -2.46. The van der Waals surface area contributed by atoms with Crippen LogP contribution in [0.5, 0.6) is 0 Å². The standard InChI is InChI=1S/C13H21N5O2/c19-13(2-1-3-14-9-13)12-15-11(16-20-12)10-8-17-4-6-18(10)7-5-17/h10,14,19H,1-9H2. The zero-order valence-electron chi connectivity index (χ0n) is 11.6. The van der Waals surface area contributed by atoms with Crippen LogP contribution in [0.1, 0.15) is 30.6 Å². The highest BCUT2D eigenvalue weighted by atomic mass is 16.5. The quantitative estimate of drug-likeness (QED) is 0.742. The molecule has 20 heavy (non-hydrogen) atoms. The summed E-state index contributed by atoms with van der Waals surface area (Å²) in [6, 6.07) is 0.218. The lowest BCUT2D eigenvalue weighted by molar-refractivity contribution is -0.0167. The molecule has 4 aliphatic rings. The van der Waals surface area contributed by atoms with Crippen molar-refractivity contribution in [2.24, 2.45) is 0 Å². The molecular formula is C13H21N5O2. The second-order valence-electron chi connectivity index (χ2n) is 6.12.